The zero-order chi connectivity index (χ0) is 23.4. The maximum atomic E-state index is 14.7. The molecule has 1 fully saturated rings. The van der Waals surface area contributed by atoms with Crippen molar-refractivity contribution in [2.75, 3.05) is 13.2 Å². The molecule has 1 heterocycles. The standard InChI is InChI=1S/C21H27F4N3O4/c1-11(26-12(2)29)9-30-13-4-6-14(7-5-13)32-21-27-19-15(22)8-16(31-10-17(23)24)18(25)20(19)28(21)3/h8,11,13-14,17H,4-7,9-10H2,1-3H3,(H,26,29)/t11-,13?,14?/m0/s1. The molecule has 7 nitrogen and oxygen atoms in total. The Balaban J connectivity index is 1.62. The van der Waals surface area contributed by atoms with Crippen LogP contribution in [0.2, 0.25) is 0 Å². The number of imidazole rings is 1. The Bertz CT molecular complexity index is 945. The van der Waals surface area contributed by atoms with Crippen LogP contribution in [0.5, 0.6) is 11.8 Å². The van der Waals surface area contributed by atoms with E-state index in [1.54, 1.807) is 0 Å². The topological polar surface area (TPSA) is 74.6 Å². The molecule has 1 atom stereocenters. The predicted octanol–water partition coefficient (Wildman–Crippen LogP) is 3.73. The van der Waals surface area contributed by atoms with Crippen LogP contribution in [0.1, 0.15) is 39.5 Å². The van der Waals surface area contributed by atoms with Gasteiger partial charge in [0.15, 0.2) is 17.4 Å². The number of aryl methyl sites for hydroxylation is 1. The van der Waals surface area contributed by atoms with Gasteiger partial charge < -0.3 is 19.5 Å². The molecule has 0 saturated heterocycles. The van der Waals surface area contributed by atoms with Crippen LogP contribution in [0, 0.1) is 11.6 Å². The Hall–Kier alpha value is -2.56. The first-order valence-corrected chi connectivity index (χ1v) is 10.5. The quantitative estimate of drug-likeness (QED) is 0.576. The summed E-state index contributed by atoms with van der Waals surface area (Å²) in [6.45, 7) is 2.69. The molecule has 0 spiro atoms. The molecule has 1 aliphatic carbocycles. The summed E-state index contributed by atoms with van der Waals surface area (Å²) in [4.78, 5) is 15.1. The number of amides is 1. The number of carbonyl (C=O) groups is 1. The first-order valence-electron chi connectivity index (χ1n) is 10.5. The molecule has 11 heteroatoms. The zero-order valence-electron chi connectivity index (χ0n) is 18.2. The van der Waals surface area contributed by atoms with Gasteiger partial charge in [0.2, 0.25) is 5.91 Å². The summed E-state index contributed by atoms with van der Waals surface area (Å²) in [5.74, 6) is -2.57. The van der Waals surface area contributed by atoms with Crippen LogP contribution < -0.4 is 14.8 Å². The van der Waals surface area contributed by atoms with Gasteiger partial charge in [0.25, 0.3) is 12.4 Å². The molecule has 178 valence electrons. The van der Waals surface area contributed by atoms with Gasteiger partial charge in [0, 0.05) is 26.1 Å². The summed E-state index contributed by atoms with van der Waals surface area (Å²) in [5.41, 5.74) is -0.471. The lowest BCUT2D eigenvalue weighted by molar-refractivity contribution is -0.120. The second-order valence-corrected chi connectivity index (χ2v) is 7.97. The van der Waals surface area contributed by atoms with Gasteiger partial charge in [-0.1, -0.05) is 0 Å². The number of aromatic nitrogens is 2. The summed E-state index contributed by atoms with van der Waals surface area (Å²) in [6, 6.07) is 0.662. The molecule has 2 aromatic rings. The number of nitrogens with zero attached hydrogens (tertiary/aromatic N) is 2. The highest BCUT2D eigenvalue weighted by atomic mass is 19.3. The van der Waals surface area contributed by atoms with Crippen molar-refractivity contribution >= 4 is 16.9 Å². The minimum absolute atomic E-state index is 0.0347. The van der Waals surface area contributed by atoms with Crippen LogP contribution in [0.25, 0.3) is 11.0 Å². The Labute approximate surface area is 183 Å². The van der Waals surface area contributed by atoms with Crippen molar-refractivity contribution in [2.45, 2.75) is 64.2 Å². The minimum atomic E-state index is -2.81. The Kier molecular flexibility index (Phi) is 7.81. The van der Waals surface area contributed by atoms with Crippen LogP contribution in [-0.4, -0.2) is 53.3 Å². The van der Waals surface area contributed by atoms with Crippen LogP contribution in [0.4, 0.5) is 17.6 Å². The maximum absolute atomic E-state index is 14.7. The normalized spacial score (nSPS) is 19.9. The second kappa shape index (κ2) is 10.4. The van der Waals surface area contributed by atoms with Crippen molar-refractivity contribution in [2.24, 2.45) is 7.05 Å². The lowest BCUT2D eigenvalue weighted by Crippen LogP contribution is -2.37. The van der Waals surface area contributed by atoms with Crippen LogP contribution in [-0.2, 0) is 16.6 Å². The van der Waals surface area contributed by atoms with Gasteiger partial charge in [-0.25, -0.2) is 17.6 Å². The SMILES string of the molecule is CC(=O)N[C@@H](C)COC1CCC(Oc2nc3c(F)cc(OCC(F)F)c(F)c3n2C)CC1. The number of rotatable bonds is 9. The van der Waals surface area contributed by atoms with E-state index in [0.717, 1.165) is 12.8 Å². The zero-order valence-corrected chi connectivity index (χ0v) is 18.2. The van der Waals surface area contributed by atoms with E-state index in [1.807, 2.05) is 6.92 Å². The Morgan fingerprint density at radius 3 is 2.50 bits per heavy atom. The minimum Gasteiger partial charge on any atom is -0.484 e. The summed E-state index contributed by atoms with van der Waals surface area (Å²) >= 11 is 0. The molecule has 0 bridgehead atoms. The van der Waals surface area contributed by atoms with Crippen LogP contribution in [0.15, 0.2) is 6.07 Å². The van der Waals surface area contributed by atoms with Gasteiger partial charge in [-0.3, -0.25) is 9.36 Å². The van der Waals surface area contributed by atoms with E-state index >= 15 is 0 Å². The van der Waals surface area contributed by atoms with Gasteiger partial charge in [-0.2, -0.15) is 4.98 Å². The van der Waals surface area contributed by atoms with Crippen molar-refractivity contribution < 1.29 is 36.6 Å². The monoisotopic (exact) mass is 461 g/mol. The van der Waals surface area contributed by atoms with Crippen molar-refractivity contribution in [1.29, 1.82) is 0 Å². The molecule has 1 amide bonds. The molecule has 1 aliphatic rings. The van der Waals surface area contributed by atoms with E-state index in [-0.39, 0.29) is 41.2 Å². The first kappa shape index (κ1) is 24.1. The van der Waals surface area contributed by atoms with E-state index in [2.05, 4.69) is 10.3 Å². The van der Waals surface area contributed by atoms with Gasteiger partial charge in [-0.15, -0.1) is 0 Å². The van der Waals surface area contributed by atoms with Crippen LogP contribution >= 0.6 is 0 Å². The lowest BCUT2D eigenvalue weighted by atomic mass is 9.95. The first-order chi connectivity index (χ1) is 15.2. The molecule has 0 radical (unpaired) electrons. The molecule has 1 saturated carbocycles. The summed E-state index contributed by atoms with van der Waals surface area (Å²) < 4.78 is 71.5. The number of halogens is 4. The third-order valence-corrected chi connectivity index (χ3v) is 5.25. The fourth-order valence-corrected chi connectivity index (χ4v) is 3.76. The molecular formula is C21H27F4N3O4. The van der Waals surface area contributed by atoms with Gasteiger partial charge >= 0.3 is 0 Å². The average Bonchev–Trinajstić information content (AvgIpc) is 3.05. The number of hydrogen-bond acceptors (Lipinski definition) is 5. The molecule has 0 aliphatic heterocycles. The van der Waals surface area contributed by atoms with Crippen molar-refractivity contribution in [3.8, 4) is 11.8 Å². The Morgan fingerprint density at radius 1 is 1.22 bits per heavy atom. The fraction of sp³-hybridized carbons (Fsp3) is 0.619. The Morgan fingerprint density at radius 2 is 1.88 bits per heavy atom. The number of ether oxygens (including phenoxy) is 3. The molecular weight excluding hydrogens is 434 g/mol. The predicted molar refractivity (Wildman–Crippen MR) is 108 cm³/mol. The highest BCUT2D eigenvalue weighted by molar-refractivity contribution is 5.80. The molecule has 1 aromatic heterocycles. The molecule has 3 rings (SSSR count). The molecule has 1 aromatic carbocycles. The smallest absolute Gasteiger partial charge is 0.297 e. The van der Waals surface area contributed by atoms with Crippen molar-refractivity contribution in [3.63, 3.8) is 0 Å². The molecule has 32 heavy (non-hydrogen) atoms. The molecule has 0 unspecified atom stereocenters. The maximum Gasteiger partial charge on any atom is 0.297 e. The summed E-state index contributed by atoms with van der Waals surface area (Å²) in [6.07, 6.45) is -0.196. The van der Waals surface area contributed by atoms with E-state index in [0.29, 0.717) is 25.5 Å². The number of benzene rings is 1. The average molecular weight is 461 g/mol. The third-order valence-electron chi connectivity index (χ3n) is 5.25. The highest BCUT2D eigenvalue weighted by Gasteiger charge is 2.27. The van der Waals surface area contributed by atoms with Gasteiger partial charge in [0.05, 0.1) is 12.7 Å². The van der Waals surface area contributed by atoms with Gasteiger partial charge in [0.1, 0.15) is 23.7 Å². The highest BCUT2D eigenvalue weighted by Crippen LogP contribution is 2.33. The number of carbonyl (C=O) groups excluding carboxylic acids is 1. The fourth-order valence-electron chi connectivity index (χ4n) is 3.76. The number of alkyl halides is 2. The van der Waals surface area contributed by atoms with Gasteiger partial charge in [-0.05, 0) is 32.6 Å². The van der Waals surface area contributed by atoms with Crippen molar-refractivity contribution in [3.05, 3.63) is 17.7 Å². The second-order valence-electron chi connectivity index (χ2n) is 7.97. The number of nitrogens with one attached hydrogen (secondary N) is 1. The number of fused-ring (bicyclic) bond motifs is 1. The van der Waals surface area contributed by atoms with E-state index in [4.69, 9.17) is 14.2 Å². The van der Waals surface area contributed by atoms with E-state index in [9.17, 15) is 22.4 Å². The van der Waals surface area contributed by atoms with E-state index < -0.39 is 30.4 Å². The summed E-state index contributed by atoms with van der Waals surface area (Å²) in [7, 11) is 1.46. The van der Waals surface area contributed by atoms with Crippen LogP contribution in [0.3, 0.4) is 0 Å². The third kappa shape index (κ3) is 5.81. The molecule has 1 N–H and O–H groups in total. The largest absolute Gasteiger partial charge is 0.484 e. The van der Waals surface area contributed by atoms with E-state index in [1.165, 1.54) is 18.5 Å². The summed E-state index contributed by atoms with van der Waals surface area (Å²) in [5, 5.41) is 2.76. The lowest BCUT2D eigenvalue weighted by Gasteiger charge is -2.29. The number of hydrogen-bond donors (Lipinski definition) is 1. The van der Waals surface area contributed by atoms with Crippen molar-refractivity contribution in [1.82, 2.24) is 14.9 Å².